The molecule has 0 spiro atoms. The van der Waals surface area contributed by atoms with E-state index in [4.69, 9.17) is 5.11 Å². The standard InChI is InChI=1S/C9H14F3N3O4/c1-4(5(16)13-3)14-7(19)15-8(2,6(17)18)9(10,11)12/h4H,1-3H3,(H,13,16)(H,17,18)(H2,14,15,19). The number of alkyl halides is 3. The Hall–Kier alpha value is -2.00. The minimum Gasteiger partial charge on any atom is -0.479 e. The van der Waals surface area contributed by atoms with Gasteiger partial charge in [-0.2, -0.15) is 13.2 Å². The third-order valence-corrected chi connectivity index (χ3v) is 2.35. The fraction of sp³-hybridized carbons (Fsp3) is 0.667. The maximum absolute atomic E-state index is 12.6. The van der Waals surface area contributed by atoms with Gasteiger partial charge in [-0.1, -0.05) is 0 Å². The molecule has 2 unspecified atom stereocenters. The van der Waals surface area contributed by atoms with Crippen LogP contribution in [0.25, 0.3) is 0 Å². The van der Waals surface area contributed by atoms with Gasteiger partial charge in [0.25, 0.3) is 0 Å². The lowest BCUT2D eigenvalue weighted by Gasteiger charge is -2.29. The van der Waals surface area contributed by atoms with Crippen molar-refractivity contribution in [3.8, 4) is 0 Å². The van der Waals surface area contributed by atoms with E-state index in [1.54, 1.807) is 0 Å². The zero-order valence-electron chi connectivity index (χ0n) is 10.4. The van der Waals surface area contributed by atoms with E-state index in [1.807, 2.05) is 5.32 Å². The van der Waals surface area contributed by atoms with Gasteiger partial charge < -0.3 is 21.1 Å². The second kappa shape index (κ2) is 5.76. The van der Waals surface area contributed by atoms with E-state index >= 15 is 0 Å². The largest absolute Gasteiger partial charge is 0.479 e. The van der Waals surface area contributed by atoms with Crippen molar-refractivity contribution in [2.45, 2.75) is 31.6 Å². The van der Waals surface area contributed by atoms with E-state index in [-0.39, 0.29) is 0 Å². The first-order chi connectivity index (χ1) is 8.45. The normalized spacial score (nSPS) is 15.9. The fourth-order valence-electron chi connectivity index (χ4n) is 0.987. The Balaban J connectivity index is 4.87. The van der Waals surface area contributed by atoms with Crippen LogP contribution in [-0.2, 0) is 9.59 Å². The number of rotatable bonds is 4. The molecule has 7 nitrogen and oxygen atoms in total. The summed E-state index contributed by atoms with van der Waals surface area (Å²) in [5.41, 5.74) is -3.44. The Kier molecular flexibility index (Phi) is 5.15. The molecule has 0 saturated carbocycles. The lowest BCUT2D eigenvalue weighted by Crippen LogP contribution is -2.64. The molecule has 10 heteroatoms. The number of aliphatic carboxylic acids is 1. The number of amides is 3. The molecule has 0 heterocycles. The molecule has 0 aromatic rings. The topological polar surface area (TPSA) is 108 Å². The molecule has 0 bridgehead atoms. The summed E-state index contributed by atoms with van der Waals surface area (Å²) in [5, 5.41) is 13.9. The highest BCUT2D eigenvalue weighted by Gasteiger charge is 2.58. The van der Waals surface area contributed by atoms with Gasteiger partial charge in [0.05, 0.1) is 0 Å². The summed E-state index contributed by atoms with van der Waals surface area (Å²) in [4.78, 5) is 33.0. The van der Waals surface area contributed by atoms with Gasteiger partial charge in [0.1, 0.15) is 6.04 Å². The molecular weight excluding hydrogens is 271 g/mol. The third kappa shape index (κ3) is 4.00. The SMILES string of the molecule is CNC(=O)C(C)NC(=O)NC(C)(C(=O)O)C(F)(F)F. The van der Waals surface area contributed by atoms with Gasteiger partial charge in [0.2, 0.25) is 11.4 Å². The molecule has 0 aliphatic carbocycles. The zero-order valence-corrected chi connectivity index (χ0v) is 10.4. The quantitative estimate of drug-likeness (QED) is 0.575. The average molecular weight is 285 g/mol. The van der Waals surface area contributed by atoms with Crippen LogP contribution in [0.2, 0.25) is 0 Å². The average Bonchev–Trinajstić information content (AvgIpc) is 2.25. The summed E-state index contributed by atoms with van der Waals surface area (Å²) < 4.78 is 37.7. The van der Waals surface area contributed by atoms with Crippen molar-refractivity contribution in [1.82, 2.24) is 16.0 Å². The summed E-state index contributed by atoms with van der Waals surface area (Å²) in [6, 6.07) is -2.53. The molecule has 0 fully saturated rings. The van der Waals surface area contributed by atoms with Crippen molar-refractivity contribution in [2.75, 3.05) is 7.05 Å². The van der Waals surface area contributed by atoms with Crippen molar-refractivity contribution in [3.05, 3.63) is 0 Å². The van der Waals surface area contributed by atoms with Crippen LogP contribution < -0.4 is 16.0 Å². The van der Waals surface area contributed by atoms with E-state index in [1.165, 1.54) is 19.3 Å². The van der Waals surface area contributed by atoms with E-state index in [0.717, 1.165) is 0 Å². The Labute approximate surface area is 106 Å². The Morgan fingerprint density at radius 1 is 1.21 bits per heavy atom. The predicted octanol–water partition coefficient (Wildman–Crippen LogP) is -0.174. The second-order valence-electron chi connectivity index (χ2n) is 3.86. The summed E-state index contributed by atoms with van der Waals surface area (Å²) >= 11 is 0. The van der Waals surface area contributed by atoms with Gasteiger partial charge >= 0.3 is 18.2 Å². The molecule has 0 saturated heterocycles. The monoisotopic (exact) mass is 285 g/mol. The van der Waals surface area contributed by atoms with Crippen LogP contribution in [-0.4, -0.2) is 47.8 Å². The first-order valence-electron chi connectivity index (χ1n) is 5.06. The summed E-state index contributed by atoms with van der Waals surface area (Å²) in [6.45, 7) is 1.53. The van der Waals surface area contributed by atoms with Crippen LogP contribution in [0.4, 0.5) is 18.0 Å². The van der Waals surface area contributed by atoms with E-state index in [0.29, 0.717) is 6.92 Å². The van der Waals surface area contributed by atoms with Crippen molar-refractivity contribution < 1.29 is 32.7 Å². The maximum atomic E-state index is 12.6. The van der Waals surface area contributed by atoms with Crippen molar-refractivity contribution in [2.24, 2.45) is 0 Å². The minimum absolute atomic E-state index is 0.305. The summed E-state index contributed by atoms with van der Waals surface area (Å²) in [6.07, 6.45) is -5.19. The van der Waals surface area contributed by atoms with Crippen LogP contribution in [0.15, 0.2) is 0 Å². The highest BCUT2D eigenvalue weighted by atomic mass is 19.4. The van der Waals surface area contributed by atoms with E-state index in [9.17, 15) is 27.6 Å². The number of likely N-dealkylation sites (N-methyl/N-ethyl adjacent to an activating group) is 1. The Bertz CT molecular complexity index is 385. The van der Waals surface area contributed by atoms with Gasteiger partial charge in [-0.05, 0) is 13.8 Å². The molecule has 4 N–H and O–H groups in total. The molecular formula is C9H14F3N3O4. The predicted molar refractivity (Wildman–Crippen MR) is 57.3 cm³/mol. The van der Waals surface area contributed by atoms with Gasteiger partial charge in [-0.15, -0.1) is 0 Å². The molecule has 2 atom stereocenters. The zero-order chi connectivity index (χ0) is 15.4. The smallest absolute Gasteiger partial charge is 0.422 e. The van der Waals surface area contributed by atoms with Crippen LogP contribution in [0.5, 0.6) is 0 Å². The number of halogens is 3. The summed E-state index contributed by atoms with van der Waals surface area (Å²) in [7, 11) is 1.27. The molecule has 0 aliphatic heterocycles. The van der Waals surface area contributed by atoms with Gasteiger partial charge in [0, 0.05) is 7.05 Å². The number of urea groups is 1. The van der Waals surface area contributed by atoms with Crippen molar-refractivity contribution in [3.63, 3.8) is 0 Å². The number of hydrogen-bond acceptors (Lipinski definition) is 3. The van der Waals surface area contributed by atoms with E-state index in [2.05, 4.69) is 5.32 Å². The lowest BCUT2D eigenvalue weighted by molar-refractivity contribution is -0.203. The number of carboxylic acid groups (broad SMARTS) is 1. The maximum Gasteiger partial charge on any atom is 0.422 e. The highest BCUT2D eigenvalue weighted by molar-refractivity contribution is 5.90. The number of carbonyl (C=O) groups excluding carboxylic acids is 2. The van der Waals surface area contributed by atoms with Crippen LogP contribution in [0.1, 0.15) is 13.8 Å². The molecule has 110 valence electrons. The molecule has 0 rings (SSSR count). The molecule has 0 aromatic heterocycles. The second-order valence-corrected chi connectivity index (χ2v) is 3.86. The van der Waals surface area contributed by atoms with Crippen molar-refractivity contribution >= 4 is 17.9 Å². The van der Waals surface area contributed by atoms with E-state index < -0.39 is 35.7 Å². The number of carbonyl (C=O) groups is 3. The number of hydrogen-bond donors (Lipinski definition) is 4. The van der Waals surface area contributed by atoms with Crippen LogP contribution in [0, 0.1) is 0 Å². The van der Waals surface area contributed by atoms with Gasteiger partial charge in [-0.3, -0.25) is 4.79 Å². The molecule has 0 radical (unpaired) electrons. The number of nitrogens with one attached hydrogen (secondary N) is 3. The Morgan fingerprint density at radius 3 is 2.00 bits per heavy atom. The van der Waals surface area contributed by atoms with Gasteiger partial charge in [0.15, 0.2) is 0 Å². The van der Waals surface area contributed by atoms with Crippen molar-refractivity contribution in [1.29, 1.82) is 0 Å². The molecule has 19 heavy (non-hydrogen) atoms. The lowest BCUT2D eigenvalue weighted by atomic mass is 10.0. The first kappa shape index (κ1) is 17.0. The Morgan fingerprint density at radius 2 is 1.68 bits per heavy atom. The highest BCUT2D eigenvalue weighted by Crippen LogP contribution is 2.30. The molecule has 0 aromatic carbocycles. The summed E-state index contributed by atoms with van der Waals surface area (Å²) in [5.74, 6) is -2.90. The molecule has 3 amide bonds. The van der Waals surface area contributed by atoms with Gasteiger partial charge in [-0.25, -0.2) is 9.59 Å². The fourth-order valence-corrected chi connectivity index (χ4v) is 0.987. The third-order valence-electron chi connectivity index (χ3n) is 2.35. The first-order valence-corrected chi connectivity index (χ1v) is 5.06. The minimum atomic E-state index is -5.19. The molecule has 0 aliphatic rings. The van der Waals surface area contributed by atoms with Crippen LogP contribution >= 0.6 is 0 Å². The number of carboxylic acids is 1. The van der Waals surface area contributed by atoms with Crippen LogP contribution in [0.3, 0.4) is 0 Å².